The molecule has 0 radical (unpaired) electrons. The molecule has 1 spiro atoms. The Morgan fingerprint density at radius 1 is 1.16 bits per heavy atom. The molecule has 38 heavy (non-hydrogen) atoms. The number of halogens is 1. The first kappa shape index (κ1) is 24.7. The maximum Gasteiger partial charge on any atom is 0.255 e. The molecule has 0 unspecified atom stereocenters. The number of benzene rings is 1. The van der Waals surface area contributed by atoms with Crippen molar-refractivity contribution in [2.45, 2.75) is 52.1 Å². The van der Waals surface area contributed by atoms with Gasteiger partial charge >= 0.3 is 0 Å². The third-order valence-corrected chi connectivity index (χ3v) is 8.85. The normalized spacial score (nSPS) is 21.0. The molecule has 1 aromatic carbocycles. The molecular weight excluding hydrogens is 481 g/mol. The maximum atomic E-state index is 13.8. The van der Waals surface area contributed by atoms with Crippen molar-refractivity contribution in [3.05, 3.63) is 80.9 Å². The van der Waals surface area contributed by atoms with Gasteiger partial charge in [-0.1, -0.05) is 13.5 Å². The zero-order valence-corrected chi connectivity index (χ0v) is 21.0. The fourth-order valence-corrected chi connectivity index (χ4v) is 6.74. The zero-order chi connectivity index (χ0) is 25.3. The first-order valence-electron chi connectivity index (χ1n) is 13.1. The molecule has 7 rings (SSSR count). The summed E-state index contributed by atoms with van der Waals surface area (Å²) in [4.78, 5) is 31.7. The van der Waals surface area contributed by atoms with Gasteiger partial charge in [-0.05, 0) is 66.8 Å². The molecule has 0 amide bonds. The molecule has 1 aliphatic carbocycles. The van der Waals surface area contributed by atoms with E-state index in [0.29, 0.717) is 6.54 Å². The molecule has 9 heteroatoms. The highest BCUT2D eigenvalue weighted by Crippen LogP contribution is 2.51. The molecule has 3 aromatic rings. The number of pyridine rings is 1. The van der Waals surface area contributed by atoms with Gasteiger partial charge in [0.15, 0.2) is 5.84 Å². The summed E-state index contributed by atoms with van der Waals surface area (Å²) in [5.41, 5.74) is 12.3. The van der Waals surface area contributed by atoms with Crippen molar-refractivity contribution in [3.8, 4) is 0 Å². The van der Waals surface area contributed by atoms with Gasteiger partial charge in [-0.25, -0.2) is 14.4 Å². The first-order chi connectivity index (χ1) is 17.9. The minimum atomic E-state index is -0.189. The number of hydrogen-bond donors (Lipinski definition) is 1. The van der Waals surface area contributed by atoms with Crippen molar-refractivity contribution in [1.82, 2.24) is 14.5 Å². The van der Waals surface area contributed by atoms with Gasteiger partial charge in [0.1, 0.15) is 17.3 Å². The van der Waals surface area contributed by atoms with E-state index in [1.807, 2.05) is 24.5 Å². The second kappa shape index (κ2) is 9.01. The van der Waals surface area contributed by atoms with Gasteiger partial charge in [0.25, 0.3) is 5.56 Å². The average molecular weight is 516 g/mol. The van der Waals surface area contributed by atoms with Crippen LogP contribution >= 0.6 is 0 Å². The summed E-state index contributed by atoms with van der Waals surface area (Å²) in [5.74, 6) is 1.49. The minimum absolute atomic E-state index is 0. The van der Waals surface area contributed by atoms with E-state index < -0.39 is 0 Å². The number of nitrogens with zero attached hydrogens (tertiary/aromatic N) is 6. The second-order valence-electron chi connectivity index (χ2n) is 10.9. The molecule has 198 valence electrons. The van der Waals surface area contributed by atoms with Gasteiger partial charge in [0.2, 0.25) is 0 Å². The predicted molar refractivity (Wildman–Crippen MR) is 147 cm³/mol. The van der Waals surface area contributed by atoms with Gasteiger partial charge in [-0.2, -0.15) is 0 Å². The van der Waals surface area contributed by atoms with Crippen molar-refractivity contribution in [2.75, 3.05) is 29.4 Å². The monoisotopic (exact) mass is 515 g/mol. The number of fused-ring (bicyclic) bond motifs is 3. The summed E-state index contributed by atoms with van der Waals surface area (Å²) in [6.07, 6.45) is 8.06. The smallest absolute Gasteiger partial charge is 0.255 e. The van der Waals surface area contributed by atoms with Crippen molar-refractivity contribution >= 4 is 17.3 Å². The highest BCUT2D eigenvalue weighted by atomic mass is 19.1. The molecule has 2 aromatic heterocycles. The van der Waals surface area contributed by atoms with E-state index in [1.54, 1.807) is 17.7 Å². The summed E-state index contributed by atoms with van der Waals surface area (Å²) in [5, 5.41) is 0. The van der Waals surface area contributed by atoms with Crippen molar-refractivity contribution in [2.24, 2.45) is 23.2 Å². The maximum absolute atomic E-state index is 13.8. The molecule has 5 heterocycles. The van der Waals surface area contributed by atoms with Crippen LogP contribution in [0.2, 0.25) is 0 Å². The summed E-state index contributed by atoms with van der Waals surface area (Å²) >= 11 is 0. The number of aromatic nitrogens is 3. The summed E-state index contributed by atoms with van der Waals surface area (Å²) < 4.78 is 15.4. The topological polar surface area (TPSA) is 92.6 Å². The van der Waals surface area contributed by atoms with E-state index in [9.17, 15) is 9.18 Å². The average Bonchev–Trinajstić information content (AvgIpc) is 3.44. The molecule has 2 N–H and O–H groups in total. The fraction of sp³-hybridized carbons (Fsp3) is 0.448. The Labute approximate surface area is 222 Å². The van der Waals surface area contributed by atoms with Crippen molar-refractivity contribution < 1.29 is 4.39 Å². The van der Waals surface area contributed by atoms with Crippen LogP contribution in [0.5, 0.6) is 0 Å². The SMILES string of the molecule is C.Cn1ccc2c(c1=O)CCCN2C1=NCc2nc(N3CCC4(CC3)Cc3cc(F)ccc3[C@H]4N)cnc21. The number of piperidine rings is 1. The van der Waals surface area contributed by atoms with Gasteiger partial charge < -0.3 is 20.1 Å². The summed E-state index contributed by atoms with van der Waals surface area (Å²) in [6.45, 7) is 2.98. The van der Waals surface area contributed by atoms with Crippen LogP contribution in [0.15, 0.2) is 46.4 Å². The van der Waals surface area contributed by atoms with Crippen LogP contribution in [-0.4, -0.2) is 40.0 Å². The Bertz CT molecular complexity index is 1510. The Hall–Kier alpha value is -3.59. The first-order valence-corrected chi connectivity index (χ1v) is 13.1. The number of aliphatic imine (C=N–C) groups is 1. The molecule has 3 aliphatic heterocycles. The van der Waals surface area contributed by atoms with Crippen LogP contribution in [-0.2, 0) is 26.4 Å². The van der Waals surface area contributed by atoms with Crippen LogP contribution in [0.4, 0.5) is 15.9 Å². The second-order valence-corrected chi connectivity index (χ2v) is 10.9. The Balaban J connectivity index is 0.00000264. The van der Waals surface area contributed by atoms with E-state index in [2.05, 4.69) is 9.80 Å². The van der Waals surface area contributed by atoms with Crippen LogP contribution in [0, 0.1) is 11.2 Å². The van der Waals surface area contributed by atoms with Crippen LogP contribution in [0.3, 0.4) is 0 Å². The van der Waals surface area contributed by atoms with E-state index in [-0.39, 0.29) is 30.3 Å². The van der Waals surface area contributed by atoms with E-state index >= 15 is 0 Å². The predicted octanol–water partition coefficient (Wildman–Crippen LogP) is 3.51. The molecule has 1 atom stereocenters. The number of anilines is 2. The number of rotatable bonds is 1. The highest BCUT2D eigenvalue weighted by molar-refractivity contribution is 6.11. The lowest BCUT2D eigenvalue weighted by molar-refractivity contribution is 0.187. The van der Waals surface area contributed by atoms with Crippen molar-refractivity contribution in [1.29, 1.82) is 0 Å². The van der Waals surface area contributed by atoms with Gasteiger partial charge in [-0.15, -0.1) is 0 Å². The number of nitrogens with two attached hydrogens (primary N) is 1. The number of aryl methyl sites for hydroxylation is 1. The Morgan fingerprint density at radius 3 is 2.79 bits per heavy atom. The zero-order valence-electron chi connectivity index (χ0n) is 21.0. The standard InChI is InChI=1S/C28H30FN7O.CH4/c1-34-10-6-22-20(27(34)37)3-2-9-36(22)26-24-21(15-32-26)33-23(16-31-24)35-11-7-28(8-12-35)14-17-13-18(29)4-5-19(17)25(28)30;/h4-6,10,13,16,25H,2-3,7-9,11-12,14-15,30H2,1H3;1H4/t25-;/m1./s1. The van der Waals surface area contributed by atoms with Gasteiger partial charge in [0.05, 0.1) is 24.1 Å². The van der Waals surface area contributed by atoms with E-state index in [0.717, 1.165) is 97.2 Å². The van der Waals surface area contributed by atoms with E-state index in [1.165, 1.54) is 6.07 Å². The lowest BCUT2D eigenvalue weighted by Gasteiger charge is -2.42. The van der Waals surface area contributed by atoms with E-state index in [4.69, 9.17) is 20.7 Å². The lowest BCUT2D eigenvalue weighted by atomic mass is 9.73. The molecule has 4 aliphatic rings. The summed E-state index contributed by atoms with van der Waals surface area (Å²) in [7, 11) is 1.79. The molecular formula is C29H34FN7O. The van der Waals surface area contributed by atoms with Crippen LogP contribution in [0.25, 0.3) is 0 Å². The molecule has 1 fully saturated rings. The molecule has 0 bridgehead atoms. The molecule has 1 saturated heterocycles. The van der Waals surface area contributed by atoms with Crippen molar-refractivity contribution in [3.63, 3.8) is 0 Å². The quantitative estimate of drug-likeness (QED) is 0.533. The fourth-order valence-electron chi connectivity index (χ4n) is 6.74. The summed E-state index contributed by atoms with van der Waals surface area (Å²) in [6, 6.07) is 6.97. The lowest BCUT2D eigenvalue weighted by Crippen LogP contribution is -2.44. The number of hydrogen-bond acceptors (Lipinski definition) is 7. The minimum Gasteiger partial charge on any atom is -0.355 e. The third kappa shape index (κ3) is 3.66. The molecule has 8 nitrogen and oxygen atoms in total. The van der Waals surface area contributed by atoms with Crippen LogP contribution in [0.1, 0.15) is 60.8 Å². The number of amidine groups is 1. The van der Waals surface area contributed by atoms with Gasteiger partial charge in [0, 0.05) is 44.5 Å². The largest absolute Gasteiger partial charge is 0.355 e. The van der Waals surface area contributed by atoms with Crippen LogP contribution < -0.4 is 21.1 Å². The van der Waals surface area contributed by atoms with Gasteiger partial charge in [-0.3, -0.25) is 9.79 Å². The molecule has 0 saturated carbocycles. The Kier molecular flexibility index (Phi) is 5.86. The third-order valence-electron chi connectivity index (χ3n) is 8.85. The highest BCUT2D eigenvalue weighted by Gasteiger charge is 2.46. The Morgan fingerprint density at radius 2 is 1.97 bits per heavy atom.